The van der Waals surface area contributed by atoms with Crippen molar-refractivity contribution in [3.05, 3.63) is 35.0 Å². The van der Waals surface area contributed by atoms with Crippen LogP contribution in [0.15, 0.2) is 18.2 Å². The highest BCUT2D eigenvalue weighted by Gasteiger charge is 2.21. The highest BCUT2D eigenvalue weighted by atomic mass is 127. The molecule has 3 rings (SSSR count). The van der Waals surface area contributed by atoms with Gasteiger partial charge in [-0.3, -0.25) is 12.8 Å². The van der Waals surface area contributed by atoms with E-state index in [2.05, 4.69) is 72.3 Å². The van der Waals surface area contributed by atoms with Crippen molar-refractivity contribution < 1.29 is 4.79 Å². The Kier molecular flexibility index (Phi) is 5.73. The van der Waals surface area contributed by atoms with E-state index in [4.69, 9.17) is 0 Å². The van der Waals surface area contributed by atoms with Crippen molar-refractivity contribution >= 4 is 39.7 Å². The van der Waals surface area contributed by atoms with Crippen molar-refractivity contribution in [2.45, 2.75) is 46.1 Å². The van der Waals surface area contributed by atoms with Crippen molar-refractivity contribution in [2.24, 2.45) is 7.05 Å². The van der Waals surface area contributed by atoms with E-state index in [1.807, 2.05) is 9.18 Å². The van der Waals surface area contributed by atoms with E-state index >= 15 is 0 Å². The second-order valence-electron chi connectivity index (χ2n) is 7.27. The van der Waals surface area contributed by atoms with E-state index < -0.39 is 0 Å². The molecular formula is C20H28IN3O. The number of amides is 1. The van der Waals surface area contributed by atoms with E-state index in [1.54, 1.807) is 0 Å². The Morgan fingerprint density at radius 1 is 1.32 bits per heavy atom. The van der Waals surface area contributed by atoms with Crippen LogP contribution in [0.25, 0.3) is 10.9 Å². The summed E-state index contributed by atoms with van der Waals surface area (Å²) in [6.07, 6.45) is 3.89. The number of carbonyl (C=O) groups is 1. The van der Waals surface area contributed by atoms with Gasteiger partial charge >= 0.3 is 0 Å². The summed E-state index contributed by atoms with van der Waals surface area (Å²) in [5.41, 5.74) is 4.48. The van der Waals surface area contributed by atoms with Crippen LogP contribution in [0.4, 0.5) is 0 Å². The minimum Gasteiger partial charge on any atom is -0.348 e. The molecule has 1 aromatic heterocycles. The van der Waals surface area contributed by atoms with Crippen LogP contribution in [-0.2, 0) is 7.05 Å². The Morgan fingerprint density at radius 3 is 2.80 bits per heavy atom. The maximum absolute atomic E-state index is 12.8. The summed E-state index contributed by atoms with van der Waals surface area (Å²) in [5, 5.41) is 1.18. The molecule has 0 saturated carbocycles. The number of piperidine rings is 1. The monoisotopic (exact) mass is 453 g/mol. The molecule has 5 heteroatoms. The number of carbonyl (C=O) groups excluding carboxylic acids is 1. The predicted molar refractivity (Wildman–Crippen MR) is 112 cm³/mol. The highest BCUT2D eigenvalue weighted by molar-refractivity contribution is 14.1. The summed E-state index contributed by atoms with van der Waals surface area (Å²) < 4.78 is 4.03. The molecule has 25 heavy (non-hydrogen) atoms. The van der Waals surface area contributed by atoms with Gasteiger partial charge in [-0.15, -0.1) is 0 Å². The molecule has 136 valence electrons. The van der Waals surface area contributed by atoms with Gasteiger partial charge < -0.3 is 4.57 Å². The molecule has 1 unspecified atom stereocenters. The summed E-state index contributed by atoms with van der Waals surface area (Å²) >= 11 is 2.17. The first-order valence-corrected chi connectivity index (χ1v) is 10.1. The number of rotatable bonds is 4. The van der Waals surface area contributed by atoms with E-state index in [1.165, 1.54) is 41.4 Å². The molecule has 1 atom stereocenters. The van der Waals surface area contributed by atoms with Gasteiger partial charge in [-0.1, -0.05) is 6.42 Å². The number of fused-ring (bicyclic) bond motifs is 1. The zero-order valence-electron chi connectivity index (χ0n) is 15.7. The normalized spacial score (nSPS) is 18.7. The second-order valence-corrected chi connectivity index (χ2v) is 8.44. The Morgan fingerprint density at radius 2 is 2.08 bits per heavy atom. The quantitative estimate of drug-likeness (QED) is 0.505. The van der Waals surface area contributed by atoms with Crippen molar-refractivity contribution in [2.75, 3.05) is 19.6 Å². The Balaban J connectivity index is 1.71. The van der Waals surface area contributed by atoms with Gasteiger partial charge in [0.25, 0.3) is 5.91 Å². The average molecular weight is 453 g/mol. The second kappa shape index (κ2) is 7.66. The first-order chi connectivity index (χ1) is 11.9. The molecule has 1 saturated heterocycles. The van der Waals surface area contributed by atoms with E-state index in [-0.39, 0.29) is 5.91 Å². The van der Waals surface area contributed by atoms with E-state index in [0.717, 1.165) is 25.2 Å². The number of likely N-dealkylation sites (tertiary alicyclic amines) is 1. The number of hydrogen-bond donors (Lipinski definition) is 0. The number of aromatic nitrogens is 1. The molecule has 1 aliphatic rings. The fraction of sp³-hybridized carbons (Fsp3) is 0.550. The number of hydrogen-bond acceptors (Lipinski definition) is 2. The zero-order chi connectivity index (χ0) is 18.1. The van der Waals surface area contributed by atoms with Gasteiger partial charge in [0.05, 0.1) is 22.9 Å². The standard InChI is InChI=1S/C20H28IN3O/c1-14-7-5-6-10-23(14)11-12-24(21)20(25)17-8-9-19-18(13-17)15(2)16(3)22(19)4/h8-9,13-14H,5-7,10-12H2,1-4H3. The SMILES string of the molecule is Cc1c(C)n(C)c2ccc(C(=O)N(I)CCN3CCCCC3C)cc12. The number of aryl methyl sites for hydroxylation is 2. The van der Waals surface area contributed by atoms with Crippen LogP contribution in [0.1, 0.15) is 47.8 Å². The van der Waals surface area contributed by atoms with Crippen LogP contribution >= 0.6 is 22.9 Å². The number of halogens is 1. The van der Waals surface area contributed by atoms with Gasteiger partial charge in [-0.2, -0.15) is 0 Å². The van der Waals surface area contributed by atoms with Gasteiger partial charge in [0.2, 0.25) is 0 Å². The van der Waals surface area contributed by atoms with Crippen LogP contribution in [0.3, 0.4) is 0 Å². The largest absolute Gasteiger partial charge is 0.348 e. The van der Waals surface area contributed by atoms with Crippen LogP contribution in [-0.4, -0.2) is 44.2 Å². The van der Waals surface area contributed by atoms with Gasteiger partial charge in [-0.25, -0.2) is 0 Å². The molecule has 2 heterocycles. The van der Waals surface area contributed by atoms with E-state index in [0.29, 0.717) is 6.04 Å². The third-order valence-corrected chi connectivity index (χ3v) is 6.72. The van der Waals surface area contributed by atoms with Gasteiger partial charge in [0.15, 0.2) is 0 Å². The summed E-state index contributed by atoms with van der Waals surface area (Å²) in [6.45, 7) is 9.45. The summed E-state index contributed by atoms with van der Waals surface area (Å²) in [6, 6.07) is 6.72. The molecule has 2 aromatic rings. The van der Waals surface area contributed by atoms with Crippen LogP contribution in [0.5, 0.6) is 0 Å². The molecule has 0 radical (unpaired) electrons. The van der Waals surface area contributed by atoms with Crippen LogP contribution in [0, 0.1) is 13.8 Å². The molecule has 4 nitrogen and oxygen atoms in total. The van der Waals surface area contributed by atoms with Gasteiger partial charge in [0, 0.05) is 48.3 Å². The lowest BCUT2D eigenvalue weighted by Gasteiger charge is -2.34. The summed E-state index contributed by atoms with van der Waals surface area (Å²) in [4.78, 5) is 15.3. The van der Waals surface area contributed by atoms with Crippen molar-refractivity contribution in [3.63, 3.8) is 0 Å². The van der Waals surface area contributed by atoms with Crippen molar-refractivity contribution in [1.82, 2.24) is 12.6 Å². The molecule has 1 fully saturated rings. The van der Waals surface area contributed by atoms with Crippen molar-refractivity contribution in [1.29, 1.82) is 0 Å². The lowest BCUT2D eigenvalue weighted by Crippen LogP contribution is -2.41. The zero-order valence-corrected chi connectivity index (χ0v) is 17.8. The molecule has 0 spiro atoms. The maximum Gasteiger partial charge on any atom is 0.262 e. The van der Waals surface area contributed by atoms with Crippen LogP contribution in [0.2, 0.25) is 0 Å². The van der Waals surface area contributed by atoms with E-state index in [9.17, 15) is 4.79 Å². The molecule has 0 bridgehead atoms. The lowest BCUT2D eigenvalue weighted by molar-refractivity contribution is 0.0862. The average Bonchev–Trinajstić information content (AvgIpc) is 2.84. The minimum absolute atomic E-state index is 0.105. The Bertz CT molecular complexity index is 783. The number of nitrogens with zero attached hydrogens (tertiary/aromatic N) is 3. The topological polar surface area (TPSA) is 28.5 Å². The first-order valence-electron chi connectivity index (χ1n) is 9.17. The molecule has 1 aliphatic heterocycles. The lowest BCUT2D eigenvalue weighted by atomic mass is 10.0. The predicted octanol–water partition coefficient (Wildman–Crippen LogP) is 4.46. The maximum atomic E-state index is 12.8. The summed E-state index contributed by atoms with van der Waals surface area (Å²) in [5.74, 6) is 0.105. The fourth-order valence-electron chi connectivity index (χ4n) is 3.84. The third kappa shape index (κ3) is 3.72. The Hall–Kier alpha value is -1.08. The fourth-order valence-corrected chi connectivity index (χ4v) is 4.33. The molecular weight excluding hydrogens is 425 g/mol. The van der Waals surface area contributed by atoms with Crippen LogP contribution < -0.4 is 0 Å². The van der Waals surface area contributed by atoms with Gasteiger partial charge in [0.1, 0.15) is 0 Å². The first kappa shape index (κ1) is 18.7. The number of benzene rings is 1. The van der Waals surface area contributed by atoms with Gasteiger partial charge in [-0.05, 0) is 63.9 Å². The molecule has 1 amide bonds. The summed E-state index contributed by atoms with van der Waals surface area (Å²) in [7, 11) is 2.08. The third-order valence-electron chi connectivity index (χ3n) is 5.80. The minimum atomic E-state index is 0.105. The molecule has 0 aliphatic carbocycles. The smallest absolute Gasteiger partial charge is 0.262 e. The highest BCUT2D eigenvalue weighted by Crippen LogP contribution is 2.26. The molecule has 0 N–H and O–H groups in total. The van der Waals surface area contributed by atoms with Crippen molar-refractivity contribution in [3.8, 4) is 0 Å². The molecule has 1 aromatic carbocycles. The Labute approximate surface area is 164 Å².